The fourth-order valence-electron chi connectivity index (χ4n) is 1.50. The van der Waals surface area contributed by atoms with Crippen LogP contribution >= 0.6 is 23.8 Å². The van der Waals surface area contributed by atoms with Gasteiger partial charge in [-0.2, -0.15) is 0 Å². The van der Waals surface area contributed by atoms with Gasteiger partial charge < -0.3 is 0 Å². The molecule has 102 valence electrons. The Kier molecular flexibility index (Phi) is 4.92. The highest BCUT2D eigenvalue weighted by Gasteiger charge is 2.10. The second-order valence-electron chi connectivity index (χ2n) is 3.88. The van der Waals surface area contributed by atoms with Gasteiger partial charge in [-0.25, -0.2) is 0 Å². The number of rotatable bonds is 3. The average molecular weight is 306 g/mol. The molecular weight excluding hydrogens is 294 g/mol. The maximum Gasteiger partial charge on any atom is 0.258 e. The van der Waals surface area contributed by atoms with Crippen molar-refractivity contribution < 1.29 is 4.79 Å². The van der Waals surface area contributed by atoms with Gasteiger partial charge in [0, 0.05) is 0 Å². The Morgan fingerprint density at radius 3 is 2.35 bits per heavy atom. The lowest BCUT2D eigenvalue weighted by Crippen LogP contribution is -2.42. The molecule has 1 amide bonds. The largest absolute Gasteiger partial charge is 0.299 e. The van der Waals surface area contributed by atoms with E-state index in [1.807, 2.05) is 30.3 Å². The summed E-state index contributed by atoms with van der Waals surface area (Å²) in [6.07, 6.45) is 0. The molecule has 0 aliphatic carbocycles. The lowest BCUT2D eigenvalue weighted by Gasteiger charge is -2.12. The molecule has 0 bridgehead atoms. The van der Waals surface area contributed by atoms with Crippen LogP contribution in [0.4, 0.5) is 5.69 Å². The van der Waals surface area contributed by atoms with Gasteiger partial charge in [0.05, 0.1) is 16.3 Å². The Morgan fingerprint density at radius 1 is 1.00 bits per heavy atom. The summed E-state index contributed by atoms with van der Waals surface area (Å²) in [4.78, 5) is 11.9. The SMILES string of the molecule is O=C(NC(=S)NNc1ccccc1)c1ccccc1Cl. The molecule has 2 rings (SSSR count). The number of hydrogen-bond donors (Lipinski definition) is 3. The smallest absolute Gasteiger partial charge is 0.258 e. The highest BCUT2D eigenvalue weighted by molar-refractivity contribution is 7.80. The zero-order chi connectivity index (χ0) is 14.4. The van der Waals surface area contributed by atoms with Crippen LogP contribution < -0.4 is 16.2 Å². The minimum Gasteiger partial charge on any atom is -0.299 e. The van der Waals surface area contributed by atoms with Gasteiger partial charge in [0.15, 0.2) is 5.11 Å². The van der Waals surface area contributed by atoms with Gasteiger partial charge in [-0.05, 0) is 36.5 Å². The van der Waals surface area contributed by atoms with Crippen LogP contribution in [-0.4, -0.2) is 11.0 Å². The van der Waals surface area contributed by atoms with Crippen molar-refractivity contribution in [3.8, 4) is 0 Å². The van der Waals surface area contributed by atoms with Gasteiger partial charge in [-0.1, -0.05) is 41.9 Å². The number of halogens is 1. The van der Waals surface area contributed by atoms with Gasteiger partial charge in [0.2, 0.25) is 0 Å². The molecule has 0 saturated carbocycles. The van der Waals surface area contributed by atoms with Crippen molar-refractivity contribution in [2.24, 2.45) is 0 Å². The van der Waals surface area contributed by atoms with Gasteiger partial charge in [0.25, 0.3) is 5.91 Å². The van der Waals surface area contributed by atoms with E-state index < -0.39 is 0 Å². The summed E-state index contributed by atoms with van der Waals surface area (Å²) in [5, 5.41) is 3.09. The van der Waals surface area contributed by atoms with E-state index in [9.17, 15) is 4.79 Å². The van der Waals surface area contributed by atoms with Crippen molar-refractivity contribution in [2.75, 3.05) is 5.43 Å². The van der Waals surface area contributed by atoms with Crippen LogP contribution in [0.25, 0.3) is 0 Å². The Bertz CT molecular complexity index is 619. The van der Waals surface area contributed by atoms with E-state index >= 15 is 0 Å². The fourth-order valence-corrected chi connectivity index (χ4v) is 1.86. The first kappa shape index (κ1) is 14.3. The molecule has 2 aromatic rings. The highest BCUT2D eigenvalue weighted by Crippen LogP contribution is 2.14. The molecule has 0 saturated heterocycles. The Hall–Kier alpha value is -2.11. The van der Waals surface area contributed by atoms with Gasteiger partial charge in [-0.3, -0.25) is 21.0 Å². The molecule has 20 heavy (non-hydrogen) atoms. The summed E-state index contributed by atoms with van der Waals surface area (Å²) in [6, 6.07) is 16.2. The quantitative estimate of drug-likeness (QED) is 0.603. The molecule has 0 aliphatic rings. The van der Waals surface area contributed by atoms with Crippen molar-refractivity contribution >= 4 is 40.5 Å². The highest BCUT2D eigenvalue weighted by atomic mass is 35.5. The first-order valence-electron chi connectivity index (χ1n) is 5.84. The van der Waals surface area contributed by atoms with Crippen molar-refractivity contribution in [1.82, 2.24) is 10.7 Å². The summed E-state index contributed by atoms with van der Waals surface area (Å²) in [5.74, 6) is -0.358. The Morgan fingerprint density at radius 2 is 1.65 bits per heavy atom. The van der Waals surface area contributed by atoms with E-state index in [1.165, 1.54) is 0 Å². The number of hydrazine groups is 1. The normalized spacial score (nSPS) is 9.65. The van der Waals surface area contributed by atoms with Crippen LogP contribution in [0.15, 0.2) is 54.6 Å². The number of benzene rings is 2. The van der Waals surface area contributed by atoms with Crippen molar-refractivity contribution in [2.45, 2.75) is 0 Å². The van der Waals surface area contributed by atoms with Gasteiger partial charge in [0.1, 0.15) is 0 Å². The molecule has 0 heterocycles. The van der Waals surface area contributed by atoms with E-state index in [4.69, 9.17) is 23.8 Å². The van der Waals surface area contributed by atoms with Crippen LogP contribution in [0.5, 0.6) is 0 Å². The molecule has 0 spiro atoms. The Labute approximate surface area is 127 Å². The number of anilines is 1. The average Bonchev–Trinajstić information content (AvgIpc) is 2.46. The summed E-state index contributed by atoms with van der Waals surface area (Å²) in [5.41, 5.74) is 6.81. The van der Waals surface area contributed by atoms with Crippen molar-refractivity contribution in [3.63, 3.8) is 0 Å². The predicted molar refractivity (Wildman–Crippen MR) is 84.7 cm³/mol. The zero-order valence-electron chi connectivity index (χ0n) is 10.4. The van der Waals surface area contributed by atoms with E-state index in [-0.39, 0.29) is 11.0 Å². The standard InChI is InChI=1S/C14H12ClN3OS/c15-12-9-5-4-8-11(12)13(19)16-14(20)18-17-10-6-2-1-3-7-10/h1-9,17H,(H2,16,18,19,20). The van der Waals surface area contributed by atoms with Crippen LogP contribution in [0, 0.1) is 0 Å². The molecule has 0 aliphatic heterocycles. The first-order valence-corrected chi connectivity index (χ1v) is 6.62. The summed E-state index contributed by atoms with van der Waals surface area (Å²) in [7, 11) is 0. The maximum absolute atomic E-state index is 11.9. The van der Waals surface area contributed by atoms with E-state index in [1.54, 1.807) is 24.3 Å². The van der Waals surface area contributed by atoms with Crippen LogP contribution in [0.1, 0.15) is 10.4 Å². The molecular formula is C14H12ClN3OS. The monoisotopic (exact) mass is 305 g/mol. The number of amides is 1. The first-order chi connectivity index (χ1) is 9.66. The van der Waals surface area contributed by atoms with Crippen molar-refractivity contribution in [3.05, 3.63) is 65.2 Å². The Balaban J connectivity index is 1.89. The third kappa shape index (κ3) is 3.94. The van der Waals surface area contributed by atoms with E-state index in [0.29, 0.717) is 10.6 Å². The minimum atomic E-state index is -0.358. The lowest BCUT2D eigenvalue weighted by atomic mass is 10.2. The molecule has 2 aromatic carbocycles. The molecule has 0 fully saturated rings. The van der Waals surface area contributed by atoms with Gasteiger partial charge >= 0.3 is 0 Å². The number of nitrogens with one attached hydrogen (secondary N) is 3. The second kappa shape index (κ2) is 6.88. The molecule has 0 atom stereocenters. The summed E-state index contributed by atoms with van der Waals surface area (Å²) < 4.78 is 0. The molecule has 0 radical (unpaired) electrons. The maximum atomic E-state index is 11.9. The predicted octanol–water partition coefficient (Wildman–Crippen LogP) is 2.97. The van der Waals surface area contributed by atoms with Gasteiger partial charge in [-0.15, -0.1) is 0 Å². The number of carbonyl (C=O) groups excluding carboxylic acids is 1. The number of thiocarbonyl (C=S) groups is 1. The zero-order valence-corrected chi connectivity index (χ0v) is 12.0. The second-order valence-corrected chi connectivity index (χ2v) is 4.69. The number of para-hydroxylation sites is 1. The molecule has 0 aromatic heterocycles. The van der Waals surface area contributed by atoms with Crippen LogP contribution in [-0.2, 0) is 0 Å². The third-order valence-electron chi connectivity index (χ3n) is 2.44. The van der Waals surface area contributed by atoms with Crippen molar-refractivity contribution in [1.29, 1.82) is 0 Å². The minimum absolute atomic E-state index is 0.166. The van der Waals surface area contributed by atoms with E-state index in [2.05, 4.69) is 16.2 Å². The lowest BCUT2D eigenvalue weighted by molar-refractivity contribution is 0.0977. The van der Waals surface area contributed by atoms with E-state index in [0.717, 1.165) is 5.69 Å². The number of carbonyl (C=O) groups is 1. The molecule has 4 nitrogen and oxygen atoms in total. The molecule has 0 unspecified atom stereocenters. The molecule has 3 N–H and O–H groups in total. The van der Waals surface area contributed by atoms with Crippen LogP contribution in [0.3, 0.4) is 0 Å². The molecule has 6 heteroatoms. The topological polar surface area (TPSA) is 53.2 Å². The third-order valence-corrected chi connectivity index (χ3v) is 2.97. The van der Waals surface area contributed by atoms with Crippen LogP contribution in [0.2, 0.25) is 5.02 Å². The summed E-state index contributed by atoms with van der Waals surface area (Å²) in [6.45, 7) is 0. The number of hydrogen-bond acceptors (Lipinski definition) is 3. The summed E-state index contributed by atoms with van der Waals surface area (Å²) >= 11 is 11.0. The fraction of sp³-hybridized carbons (Fsp3) is 0.